The number of ether oxygens (including phenoxy) is 1. The molecule has 0 amide bonds. The Morgan fingerprint density at radius 3 is 2.36 bits per heavy atom. The van der Waals surface area contributed by atoms with Crippen LogP contribution in [0.5, 0.6) is 0 Å². The second-order valence-electron chi connectivity index (χ2n) is 4.95. The molecule has 1 N–H and O–H groups in total. The smallest absolute Gasteiger partial charge is 0.347 e. The number of carboxylic acids is 1. The van der Waals surface area contributed by atoms with Crippen molar-refractivity contribution in [3.8, 4) is 0 Å². The van der Waals surface area contributed by atoms with Crippen molar-refractivity contribution in [1.82, 2.24) is 4.98 Å². The largest absolute Gasteiger partial charge is 0.479 e. The van der Waals surface area contributed by atoms with Crippen molar-refractivity contribution in [2.45, 2.75) is 5.60 Å². The van der Waals surface area contributed by atoms with E-state index in [1.807, 2.05) is 36.4 Å². The fourth-order valence-corrected chi connectivity index (χ4v) is 2.63. The van der Waals surface area contributed by atoms with Crippen LogP contribution in [0.15, 0.2) is 66.7 Å². The van der Waals surface area contributed by atoms with Crippen molar-refractivity contribution >= 4 is 16.9 Å². The van der Waals surface area contributed by atoms with Crippen LogP contribution < -0.4 is 0 Å². The second kappa shape index (κ2) is 5.58. The van der Waals surface area contributed by atoms with Gasteiger partial charge in [-0.15, -0.1) is 0 Å². The molecule has 0 bridgehead atoms. The molecule has 0 aliphatic rings. The van der Waals surface area contributed by atoms with E-state index >= 15 is 0 Å². The van der Waals surface area contributed by atoms with Crippen LogP contribution in [0.25, 0.3) is 10.9 Å². The Balaban J connectivity index is 2.26. The minimum absolute atomic E-state index is 0.354. The predicted octanol–water partition coefficient (Wildman–Crippen LogP) is 3.21. The predicted molar refractivity (Wildman–Crippen MR) is 83.6 cm³/mol. The van der Waals surface area contributed by atoms with Crippen LogP contribution in [0.2, 0.25) is 0 Å². The van der Waals surface area contributed by atoms with E-state index in [1.165, 1.54) is 7.11 Å². The van der Waals surface area contributed by atoms with Gasteiger partial charge < -0.3 is 9.84 Å². The van der Waals surface area contributed by atoms with Crippen LogP contribution in [0.3, 0.4) is 0 Å². The Kier molecular flexibility index (Phi) is 3.61. The van der Waals surface area contributed by atoms with Crippen LogP contribution >= 0.6 is 0 Å². The Hall–Kier alpha value is -2.72. The van der Waals surface area contributed by atoms with Gasteiger partial charge in [-0.3, -0.25) is 0 Å². The lowest BCUT2D eigenvalue weighted by Crippen LogP contribution is -2.39. The molecule has 22 heavy (non-hydrogen) atoms. The maximum atomic E-state index is 12.0. The zero-order chi connectivity index (χ0) is 15.6. The van der Waals surface area contributed by atoms with Crippen molar-refractivity contribution in [2.75, 3.05) is 7.11 Å². The first kappa shape index (κ1) is 14.2. The molecule has 0 saturated carbocycles. The van der Waals surface area contributed by atoms with Crippen LogP contribution in [-0.2, 0) is 15.1 Å². The summed E-state index contributed by atoms with van der Waals surface area (Å²) in [6.07, 6.45) is 0. The molecule has 0 saturated heterocycles. The van der Waals surface area contributed by atoms with Gasteiger partial charge >= 0.3 is 5.97 Å². The summed E-state index contributed by atoms with van der Waals surface area (Å²) in [6.45, 7) is 0. The number of carbonyl (C=O) groups is 1. The highest BCUT2D eigenvalue weighted by atomic mass is 16.5. The summed E-state index contributed by atoms with van der Waals surface area (Å²) in [5, 5.41) is 10.8. The highest BCUT2D eigenvalue weighted by Crippen LogP contribution is 2.33. The SMILES string of the molecule is COC(C(=O)O)(c1ccccc1)c1ccc2ccccc2n1. The molecule has 0 aliphatic heterocycles. The summed E-state index contributed by atoms with van der Waals surface area (Å²) < 4.78 is 5.46. The number of methoxy groups -OCH3 is 1. The van der Waals surface area contributed by atoms with Gasteiger partial charge in [0.2, 0.25) is 5.60 Å². The molecular formula is C18H15NO3. The van der Waals surface area contributed by atoms with E-state index in [0.29, 0.717) is 11.3 Å². The number of fused-ring (bicyclic) bond motifs is 1. The monoisotopic (exact) mass is 293 g/mol. The van der Waals surface area contributed by atoms with Gasteiger partial charge in [0.25, 0.3) is 0 Å². The topological polar surface area (TPSA) is 59.4 Å². The highest BCUT2D eigenvalue weighted by molar-refractivity contribution is 5.85. The van der Waals surface area contributed by atoms with Gasteiger partial charge in [-0.1, -0.05) is 54.6 Å². The van der Waals surface area contributed by atoms with Crippen LogP contribution in [0.4, 0.5) is 0 Å². The average Bonchev–Trinajstić information content (AvgIpc) is 2.56. The number of hydrogen-bond donors (Lipinski definition) is 1. The Morgan fingerprint density at radius 1 is 1.00 bits per heavy atom. The van der Waals surface area contributed by atoms with Crippen molar-refractivity contribution in [3.63, 3.8) is 0 Å². The molecule has 3 rings (SSSR count). The minimum atomic E-state index is -1.62. The maximum absolute atomic E-state index is 12.0. The fourth-order valence-electron chi connectivity index (χ4n) is 2.63. The first-order valence-corrected chi connectivity index (χ1v) is 6.89. The van der Waals surface area contributed by atoms with E-state index in [4.69, 9.17) is 4.74 Å². The van der Waals surface area contributed by atoms with Crippen LogP contribution in [-0.4, -0.2) is 23.2 Å². The summed E-state index contributed by atoms with van der Waals surface area (Å²) in [6, 6.07) is 20.0. The number of rotatable bonds is 4. The molecule has 0 radical (unpaired) electrons. The van der Waals surface area contributed by atoms with Crippen molar-refractivity contribution in [2.24, 2.45) is 0 Å². The molecule has 0 fully saturated rings. The van der Waals surface area contributed by atoms with E-state index in [9.17, 15) is 9.90 Å². The third-order valence-electron chi connectivity index (χ3n) is 3.75. The maximum Gasteiger partial charge on any atom is 0.347 e. The number of aliphatic carboxylic acids is 1. The molecule has 1 unspecified atom stereocenters. The number of pyridine rings is 1. The number of benzene rings is 2. The molecule has 1 atom stereocenters. The number of aromatic nitrogens is 1. The molecule has 4 heteroatoms. The third kappa shape index (κ3) is 2.14. The fraction of sp³-hybridized carbons (Fsp3) is 0.111. The number of hydrogen-bond acceptors (Lipinski definition) is 3. The van der Waals surface area contributed by atoms with Crippen LogP contribution in [0, 0.1) is 0 Å². The van der Waals surface area contributed by atoms with Gasteiger partial charge in [-0.05, 0) is 12.1 Å². The molecule has 4 nitrogen and oxygen atoms in total. The number of para-hydroxylation sites is 1. The lowest BCUT2D eigenvalue weighted by atomic mass is 9.89. The van der Waals surface area contributed by atoms with E-state index in [-0.39, 0.29) is 0 Å². The Morgan fingerprint density at radius 2 is 1.68 bits per heavy atom. The molecule has 3 aromatic rings. The molecule has 110 valence electrons. The summed E-state index contributed by atoms with van der Waals surface area (Å²) >= 11 is 0. The molecule has 0 spiro atoms. The summed E-state index contributed by atoms with van der Waals surface area (Å²) in [5.41, 5.74) is 0.00413. The lowest BCUT2D eigenvalue weighted by molar-refractivity contribution is -0.158. The quantitative estimate of drug-likeness (QED) is 0.802. The highest BCUT2D eigenvalue weighted by Gasteiger charge is 2.44. The second-order valence-corrected chi connectivity index (χ2v) is 4.95. The molecule has 2 aromatic carbocycles. The molecule has 0 aliphatic carbocycles. The normalized spacial score (nSPS) is 13.7. The first-order valence-electron chi connectivity index (χ1n) is 6.89. The molecular weight excluding hydrogens is 278 g/mol. The average molecular weight is 293 g/mol. The zero-order valence-electron chi connectivity index (χ0n) is 12.1. The van der Waals surface area contributed by atoms with Crippen molar-refractivity contribution in [1.29, 1.82) is 0 Å². The van der Waals surface area contributed by atoms with E-state index in [1.54, 1.807) is 30.3 Å². The molecule has 1 heterocycles. The third-order valence-corrected chi connectivity index (χ3v) is 3.75. The Labute approximate surface area is 128 Å². The molecule has 1 aromatic heterocycles. The zero-order valence-corrected chi connectivity index (χ0v) is 12.1. The number of nitrogens with zero attached hydrogens (tertiary/aromatic N) is 1. The standard InChI is InChI=1S/C18H15NO3/c1-22-18(17(20)21,14-8-3-2-4-9-14)16-12-11-13-7-5-6-10-15(13)19-16/h2-12H,1H3,(H,20,21). The summed E-state index contributed by atoms with van der Waals surface area (Å²) in [7, 11) is 1.39. The van der Waals surface area contributed by atoms with Gasteiger partial charge in [0.05, 0.1) is 11.2 Å². The van der Waals surface area contributed by atoms with Crippen molar-refractivity contribution in [3.05, 3.63) is 78.0 Å². The summed E-state index contributed by atoms with van der Waals surface area (Å²) in [5.74, 6) is -1.09. The minimum Gasteiger partial charge on any atom is -0.479 e. The van der Waals surface area contributed by atoms with Gasteiger partial charge in [-0.2, -0.15) is 0 Å². The van der Waals surface area contributed by atoms with Crippen LogP contribution in [0.1, 0.15) is 11.3 Å². The van der Waals surface area contributed by atoms with Gasteiger partial charge in [0.1, 0.15) is 0 Å². The van der Waals surface area contributed by atoms with Gasteiger partial charge in [-0.25, -0.2) is 9.78 Å². The van der Waals surface area contributed by atoms with E-state index in [2.05, 4.69) is 4.98 Å². The van der Waals surface area contributed by atoms with E-state index in [0.717, 1.165) is 10.9 Å². The number of carboxylic acid groups (broad SMARTS) is 1. The van der Waals surface area contributed by atoms with E-state index < -0.39 is 11.6 Å². The first-order chi connectivity index (χ1) is 10.7. The lowest BCUT2D eigenvalue weighted by Gasteiger charge is -2.28. The van der Waals surface area contributed by atoms with Gasteiger partial charge in [0, 0.05) is 18.1 Å². The Bertz CT molecular complexity index is 817. The summed E-state index contributed by atoms with van der Waals surface area (Å²) in [4.78, 5) is 16.5. The van der Waals surface area contributed by atoms with Crippen molar-refractivity contribution < 1.29 is 14.6 Å². The van der Waals surface area contributed by atoms with Gasteiger partial charge in [0.15, 0.2) is 0 Å².